The summed E-state index contributed by atoms with van der Waals surface area (Å²) in [4.78, 5) is 19.9. The minimum Gasteiger partial charge on any atom is -0.461 e. The van der Waals surface area contributed by atoms with Gasteiger partial charge in [0.2, 0.25) is 0 Å². The molecule has 18 heavy (non-hydrogen) atoms. The van der Waals surface area contributed by atoms with Crippen LogP contribution in [0.25, 0.3) is 0 Å². The third-order valence-corrected chi connectivity index (χ3v) is 2.73. The summed E-state index contributed by atoms with van der Waals surface area (Å²) in [6, 6.07) is 3.82. The van der Waals surface area contributed by atoms with Gasteiger partial charge >= 0.3 is 5.97 Å². The quantitative estimate of drug-likeness (QED) is 0.774. The minimum absolute atomic E-state index is 0.0133. The molecule has 0 spiro atoms. The average molecular weight is 245 g/mol. The zero-order chi connectivity index (χ0) is 13.0. The normalized spacial score (nSPS) is 12.1. The van der Waals surface area contributed by atoms with Crippen LogP contribution in [0, 0.1) is 0 Å². The van der Waals surface area contributed by atoms with E-state index in [1.807, 2.05) is 19.1 Å². The van der Waals surface area contributed by atoms with E-state index >= 15 is 0 Å². The number of carbonyl (C=O) groups excluding carboxylic acids is 1. The Labute approximate surface area is 105 Å². The van der Waals surface area contributed by atoms with Gasteiger partial charge in [0.1, 0.15) is 5.69 Å². The fourth-order valence-corrected chi connectivity index (χ4v) is 1.76. The van der Waals surface area contributed by atoms with E-state index in [2.05, 4.69) is 9.97 Å². The lowest BCUT2D eigenvalue weighted by Crippen LogP contribution is -2.15. The number of hydrogen-bond acceptors (Lipinski definition) is 4. The fourth-order valence-electron chi connectivity index (χ4n) is 1.76. The minimum atomic E-state index is -0.356. The monoisotopic (exact) mass is 245 g/mol. The molecule has 5 heteroatoms. The Morgan fingerprint density at radius 2 is 2.28 bits per heavy atom. The Hall–Kier alpha value is -2.17. The van der Waals surface area contributed by atoms with E-state index in [1.54, 1.807) is 30.2 Å². The molecule has 0 fully saturated rings. The number of ether oxygens (including phenoxy) is 1. The van der Waals surface area contributed by atoms with Gasteiger partial charge in [0.25, 0.3) is 0 Å². The summed E-state index contributed by atoms with van der Waals surface area (Å²) in [6.45, 7) is 4.12. The van der Waals surface area contributed by atoms with Crippen molar-refractivity contribution in [3.8, 4) is 0 Å². The summed E-state index contributed by atoms with van der Waals surface area (Å²) < 4.78 is 6.78. The van der Waals surface area contributed by atoms with Crippen molar-refractivity contribution in [1.29, 1.82) is 0 Å². The molecule has 94 valence electrons. The SMILES string of the molecule is CCOC(=O)c1cncn1C(C)c1cccnc1. The van der Waals surface area contributed by atoms with Crippen LogP contribution >= 0.6 is 0 Å². The molecule has 0 bridgehead atoms. The van der Waals surface area contributed by atoms with Crippen LogP contribution in [0.1, 0.15) is 35.9 Å². The number of nitrogens with zero attached hydrogens (tertiary/aromatic N) is 3. The lowest BCUT2D eigenvalue weighted by atomic mass is 10.1. The van der Waals surface area contributed by atoms with E-state index in [0.29, 0.717) is 12.3 Å². The third-order valence-electron chi connectivity index (χ3n) is 2.73. The Bertz CT molecular complexity index is 522. The van der Waals surface area contributed by atoms with Crippen LogP contribution in [0.5, 0.6) is 0 Å². The van der Waals surface area contributed by atoms with Crippen LogP contribution in [-0.4, -0.2) is 27.1 Å². The molecule has 2 aromatic rings. The van der Waals surface area contributed by atoms with Crippen molar-refractivity contribution < 1.29 is 9.53 Å². The van der Waals surface area contributed by atoms with Gasteiger partial charge in [0, 0.05) is 12.4 Å². The van der Waals surface area contributed by atoms with Gasteiger partial charge < -0.3 is 9.30 Å². The first-order valence-corrected chi connectivity index (χ1v) is 5.83. The molecular weight excluding hydrogens is 230 g/mol. The number of esters is 1. The van der Waals surface area contributed by atoms with Crippen LogP contribution in [0.2, 0.25) is 0 Å². The van der Waals surface area contributed by atoms with Crippen molar-refractivity contribution in [2.45, 2.75) is 19.9 Å². The smallest absolute Gasteiger partial charge is 0.356 e. The first-order valence-electron chi connectivity index (χ1n) is 5.83. The zero-order valence-electron chi connectivity index (χ0n) is 10.4. The summed E-state index contributed by atoms with van der Waals surface area (Å²) in [5.41, 5.74) is 1.47. The van der Waals surface area contributed by atoms with Crippen LogP contribution < -0.4 is 0 Å². The molecule has 0 aromatic carbocycles. The molecule has 0 aliphatic carbocycles. The van der Waals surface area contributed by atoms with Crippen molar-refractivity contribution in [3.63, 3.8) is 0 Å². The average Bonchev–Trinajstić information content (AvgIpc) is 2.88. The third kappa shape index (κ3) is 2.40. The largest absolute Gasteiger partial charge is 0.461 e. The predicted molar refractivity (Wildman–Crippen MR) is 66.2 cm³/mol. The second-order valence-electron chi connectivity index (χ2n) is 3.87. The van der Waals surface area contributed by atoms with E-state index in [1.165, 1.54) is 6.20 Å². The topological polar surface area (TPSA) is 57.0 Å². The number of imidazole rings is 1. The number of pyridine rings is 1. The highest BCUT2D eigenvalue weighted by molar-refractivity contribution is 5.87. The van der Waals surface area contributed by atoms with Crippen LogP contribution in [0.3, 0.4) is 0 Å². The number of hydrogen-bond donors (Lipinski definition) is 0. The van der Waals surface area contributed by atoms with Gasteiger partial charge in [-0.2, -0.15) is 0 Å². The summed E-state index contributed by atoms with van der Waals surface area (Å²) in [5.74, 6) is -0.356. The Morgan fingerprint density at radius 1 is 1.44 bits per heavy atom. The highest BCUT2D eigenvalue weighted by Crippen LogP contribution is 2.18. The molecule has 0 amide bonds. The van der Waals surface area contributed by atoms with Crippen LogP contribution in [0.15, 0.2) is 37.1 Å². The van der Waals surface area contributed by atoms with E-state index in [4.69, 9.17) is 4.74 Å². The number of rotatable bonds is 4. The van der Waals surface area contributed by atoms with Crippen LogP contribution in [-0.2, 0) is 4.74 Å². The van der Waals surface area contributed by atoms with E-state index in [0.717, 1.165) is 5.56 Å². The molecule has 5 nitrogen and oxygen atoms in total. The standard InChI is InChI=1S/C13H15N3O2/c1-3-18-13(17)12-8-15-9-16(12)10(2)11-5-4-6-14-7-11/h4-10H,3H2,1-2H3. The Balaban J connectivity index is 2.29. The second-order valence-corrected chi connectivity index (χ2v) is 3.87. The van der Waals surface area contributed by atoms with E-state index in [9.17, 15) is 4.79 Å². The summed E-state index contributed by atoms with van der Waals surface area (Å²) >= 11 is 0. The van der Waals surface area contributed by atoms with E-state index < -0.39 is 0 Å². The molecule has 0 saturated heterocycles. The Kier molecular flexibility index (Phi) is 3.72. The number of aromatic nitrogens is 3. The molecule has 2 aromatic heterocycles. The summed E-state index contributed by atoms with van der Waals surface area (Å²) in [7, 11) is 0. The van der Waals surface area contributed by atoms with E-state index in [-0.39, 0.29) is 12.0 Å². The van der Waals surface area contributed by atoms with Gasteiger partial charge in [0.15, 0.2) is 0 Å². The molecule has 2 rings (SSSR count). The summed E-state index contributed by atoms with van der Waals surface area (Å²) in [5, 5.41) is 0. The molecule has 0 aliphatic heterocycles. The summed E-state index contributed by atoms with van der Waals surface area (Å²) in [6.07, 6.45) is 6.64. The number of carbonyl (C=O) groups is 1. The Morgan fingerprint density at radius 3 is 2.94 bits per heavy atom. The van der Waals surface area contributed by atoms with Gasteiger partial charge in [-0.3, -0.25) is 4.98 Å². The zero-order valence-corrected chi connectivity index (χ0v) is 10.4. The van der Waals surface area contributed by atoms with Gasteiger partial charge in [-0.1, -0.05) is 6.07 Å². The van der Waals surface area contributed by atoms with Gasteiger partial charge in [-0.15, -0.1) is 0 Å². The van der Waals surface area contributed by atoms with Crippen molar-refractivity contribution in [3.05, 3.63) is 48.3 Å². The van der Waals surface area contributed by atoms with Crippen molar-refractivity contribution in [2.75, 3.05) is 6.61 Å². The highest BCUT2D eigenvalue weighted by atomic mass is 16.5. The first-order chi connectivity index (χ1) is 8.74. The maximum absolute atomic E-state index is 11.8. The molecule has 0 radical (unpaired) electrons. The molecule has 1 atom stereocenters. The first kappa shape index (κ1) is 12.3. The highest BCUT2D eigenvalue weighted by Gasteiger charge is 2.17. The molecule has 2 heterocycles. The maximum Gasteiger partial charge on any atom is 0.356 e. The second kappa shape index (κ2) is 5.44. The van der Waals surface area contributed by atoms with Crippen molar-refractivity contribution >= 4 is 5.97 Å². The molecular formula is C13H15N3O2. The molecule has 1 unspecified atom stereocenters. The van der Waals surface area contributed by atoms with Gasteiger partial charge in [0.05, 0.1) is 25.2 Å². The molecule has 0 saturated carbocycles. The van der Waals surface area contributed by atoms with Crippen molar-refractivity contribution in [2.24, 2.45) is 0 Å². The molecule has 0 N–H and O–H groups in total. The fraction of sp³-hybridized carbons (Fsp3) is 0.308. The lowest BCUT2D eigenvalue weighted by molar-refractivity contribution is 0.0512. The molecule has 0 aliphatic rings. The van der Waals surface area contributed by atoms with Crippen molar-refractivity contribution in [1.82, 2.24) is 14.5 Å². The van der Waals surface area contributed by atoms with Crippen LogP contribution in [0.4, 0.5) is 0 Å². The maximum atomic E-state index is 11.8. The van der Waals surface area contributed by atoms with Gasteiger partial charge in [-0.05, 0) is 25.5 Å². The lowest BCUT2D eigenvalue weighted by Gasteiger charge is -2.15. The van der Waals surface area contributed by atoms with Gasteiger partial charge in [-0.25, -0.2) is 9.78 Å². The predicted octanol–water partition coefficient (Wildman–Crippen LogP) is 2.06.